The van der Waals surface area contributed by atoms with Crippen molar-refractivity contribution in [1.82, 2.24) is 0 Å². The van der Waals surface area contributed by atoms with Crippen molar-refractivity contribution in [2.75, 3.05) is 0 Å². The SMILES string of the molecule is OC1=C(P(c2ccccc2)c2ccccc2)C=CCC=C1. The summed E-state index contributed by atoms with van der Waals surface area (Å²) in [6, 6.07) is 20.8. The molecule has 0 spiro atoms. The Labute approximate surface area is 126 Å². The number of allylic oxidation sites excluding steroid dienone is 5. The summed E-state index contributed by atoms with van der Waals surface area (Å²) in [6.45, 7) is 0. The maximum Gasteiger partial charge on any atom is 0.123 e. The summed E-state index contributed by atoms with van der Waals surface area (Å²) in [5.41, 5.74) is 0. The van der Waals surface area contributed by atoms with Crippen molar-refractivity contribution in [2.24, 2.45) is 0 Å². The lowest BCUT2D eigenvalue weighted by Gasteiger charge is -2.20. The molecule has 2 heteroatoms. The lowest BCUT2D eigenvalue weighted by atomic mass is 10.4. The molecule has 0 fully saturated rings. The molecule has 1 aliphatic carbocycles. The first-order valence-electron chi connectivity index (χ1n) is 7.03. The molecule has 0 aliphatic heterocycles. The van der Waals surface area contributed by atoms with Crippen LogP contribution in [0.5, 0.6) is 0 Å². The van der Waals surface area contributed by atoms with Gasteiger partial charge in [-0.15, -0.1) is 0 Å². The molecule has 0 atom stereocenters. The summed E-state index contributed by atoms with van der Waals surface area (Å²) in [7, 11) is -0.734. The van der Waals surface area contributed by atoms with Gasteiger partial charge in [0.05, 0.1) is 0 Å². The smallest absolute Gasteiger partial charge is 0.123 e. The van der Waals surface area contributed by atoms with Crippen LogP contribution >= 0.6 is 7.92 Å². The zero-order chi connectivity index (χ0) is 14.5. The van der Waals surface area contributed by atoms with Crippen molar-refractivity contribution in [3.8, 4) is 0 Å². The second-order valence-corrected chi connectivity index (χ2v) is 7.00. The van der Waals surface area contributed by atoms with Crippen LogP contribution < -0.4 is 10.6 Å². The van der Waals surface area contributed by atoms with E-state index in [2.05, 4.69) is 60.7 Å². The monoisotopic (exact) mass is 292 g/mol. The van der Waals surface area contributed by atoms with Crippen LogP contribution in [0.4, 0.5) is 0 Å². The lowest BCUT2D eigenvalue weighted by molar-refractivity contribution is 0.431. The van der Waals surface area contributed by atoms with Gasteiger partial charge in [0.25, 0.3) is 0 Å². The van der Waals surface area contributed by atoms with E-state index in [1.807, 2.05) is 24.3 Å². The van der Waals surface area contributed by atoms with Crippen molar-refractivity contribution in [2.45, 2.75) is 6.42 Å². The quantitative estimate of drug-likeness (QED) is 0.831. The zero-order valence-corrected chi connectivity index (χ0v) is 12.6. The van der Waals surface area contributed by atoms with E-state index < -0.39 is 7.92 Å². The van der Waals surface area contributed by atoms with Gasteiger partial charge in [0.1, 0.15) is 5.76 Å². The average molecular weight is 292 g/mol. The number of aliphatic hydroxyl groups excluding tert-OH is 1. The molecule has 0 amide bonds. The van der Waals surface area contributed by atoms with Crippen LogP contribution in [0.25, 0.3) is 0 Å². The second-order valence-electron chi connectivity index (χ2n) is 4.82. The van der Waals surface area contributed by atoms with Gasteiger partial charge >= 0.3 is 0 Å². The third-order valence-corrected chi connectivity index (χ3v) is 5.84. The molecule has 21 heavy (non-hydrogen) atoms. The number of benzene rings is 2. The topological polar surface area (TPSA) is 20.2 Å². The molecule has 1 nitrogen and oxygen atoms in total. The molecule has 2 aromatic carbocycles. The first-order chi connectivity index (χ1) is 10.4. The summed E-state index contributed by atoms with van der Waals surface area (Å²) in [5, 5.41) is 13.9. The van der Waals surface area contributed by atoms with Gasteiger partial charge < -0.3 is 5.11 Å². The van der Waals surface area contributed by atoms with Crippen molar-refractivity contribution in [1.29, 1.82) is 0 Å². The number of rotatable bonds is 3. The van der Waals surface area contributed by atoms with Gasteiger partial charge in [-0.05, 0) is 31.0 Å². The first kappa shape index (κ1) is 13.9. The van der Waals surface area contributed by atoms with Crippen molar-refractivity contribution < 1.29 is 5.11 Å². The van der Waals surface area contributed by atoms with Gasteiger partial charge in [0.2, 0.25) is 0 Å². The molecular weight excluding hydrogens is 275 g/mol. The fraction of sp³-hybridized carbons (Fsp3) is 0.0526. The Morgan fingerprint density at radius 3 is 1.81 bits per heavy atom. The molecule has 3 rings (SSSR count). The number of hydrogen-bond acceptors (Lipinski definition) is 1. The lowest BCUT2D eigenvalue weighted by Crippen LogP contribution is -2.13. The maximum absolute atomic E-state index is 10.4. The van der Waals surface area contributed by atoms with Crippen molar-refractivity contribution in [3.05, 3.63) is 96.0 Å². The van der Waals surface area contributed by atoms with Gasteiger partial charge in [-0.2, -0.15) is 0 Å². The van der Waals surface area contributed by atoms with Crippen LogP contribution in [0, 0.1) is 0 Å². The molecule has 0 bridgehead atoms. The fourth-order valence-electron chi connectivity index (χ4n) is 2.38. The van der Waals surface area contributed by atoms with E-state index in [-0.39, 0.29) is 0 Å². The predicted molar refractivity (Wildman–Crippen MR) is 91.6 cm³/mol. The Morgan fingerprint density at radius 2 is 1.24 bits per heavy atom. The number of aliphatic hydroxyl groups is 1. The Morgan fingerprint density at radius 1 is 0.714 bits per heavy atom. The van der Waals surface area contributed by atoms with E-state index in [0.717, 1.165) is 11.7 Å². The van der Waals surface area contributed by atoms with E-state index in [0.29, 0.717) is 5.76 Å². The van der Waals surface area contributed by atoms with Crippen LogP contribution in [0.1, 0.15) is 6.42 Å². The molecule has 2 aromatic rings. The summed E-state index contributed by atoms with van der Waals surface area (Å²) in [5.74, 6) is 0.377. The van der Waals surface area contributed by atoms with E-state index >= 15 is 0 Å². The largest absolute Gasteiger partial charge is 0.507 e. The van der Waals surface area contributed by atoms with E-state index in [1.165, 1.54) is 10.6 Å². The van der Waals surface area contributed by atoms with Gasteiger partial charge in [-0.25, -0.2) is 0 Å². The molecule has 0 saturated carbocycles. The minimum atomic E-state index is -0.734. The average Bonchev–Trinajstić information content (AvgIpc) is 2.75. The Hall–Kier alpha value is -2.11. The maximum atomic E-state index is 10.4. The van der Waals surface area contributed by atoms with Crippen molar-refractivity contribution >= 4 is 18.5 Å². The van der Waals surface area contributed by atoms with Crippen LogP contribution in [-0.4, -0.2) is 5.11 Å². The summed E-state index contributed by atoms with van der Waals surface area (Å²) in [6.07, 6.45) is 8.84. The highest BCUT2D eigenvalue weighted by Gasteiger charge is 2.20. The highest BCUT2D eigenvalue weighted by Crippen LogP contribution is 2.45. The normalized spacial score (nSPS) is 14.5. The summed E-state index contributed by atoms with van der Waals surface area (Å²) in [4.78, 5) is 0. The predicted octanol–water partition coefficient (Wildman–Crippen LogP) is 4.41. The Kier molecular flexibility index (Phi) is 4.33. The zero-order valence-electron chi connectivity index (χ0n) is 11.7. The van der Waals surface area contributed by atoms with Gasteiger partial charge in [-0.1, -0.05) is 78.9 Å². The molecule has 0 aromatic heterocycles. The molecule has 1 aliphatic rings. The molecule has 0 unspecified atom stereocenters. The van der Waals surface area contributed by atoms with Crippen LogP contribution in [0.2, 0.25) is 0 Å². The van der Waals surface area contributed by atoms with Crippen molar-refractivity contribution in [3.63, 3.8) is 0 Å². The molecular formula is C19H17OP. The van der Waals surface area contributed by atoms with Crippen LogP contribution in [0.3, 0.4) is 0 Å². The Balaban J connectivity index is 2.16. The van der Waals surface area contributed by atoms with Gasteiger partial charge in [-0.3, -0.25) is 0 Å². The first-order valence-corrected chi connectivity index (χ1v) is 8.37. The highest BCUT2D eigenvalue weighted by molar-refractivity contribution is 7.77. The summed E-state index contributed by atoms with van der Waals surface area (Å²) < 4.78 is 0. The molecule has 0 heterocycles. The van der Waals surface area contributed by atoms with E-state index in [9.17, 15) is 5.11 Å². The van der Waals surface area contributed by atoms with Crippen LogP contribution in [0.15, 0.2) is 96.0 Å². The molecule has 1 N–H and O–H groups in total. The molecule has 0 radical (unpaired) electrons. The summed E-state index contributed by atoms with van der Waals surface area (Å²) >= 11 is 0. The standard InChI is InChI=1S/C19H17OP/c20-18-14-8-3-9-15-19(18)21(16-10-4-1-5-11-16)17-12-6-2-7-13-17/h1-2,4-15,20H,3H2. The minimum Gasteiger partial charge on any atom is -0.507 e. The van der Waals surface area contributed by atoms with Gasteiger partial charge in [0, 0.05) is 5.31 Å². The third-order valence-electron chi connectivity index (χ3n) is 3.36. The highest BCUT2D eigenvalue weighted by atomic mass is 31.1. The van der Waals surface area contributed by atoms with E-state index in [1.54, 1.807) is 0 Å². The second kappa shape index (κ2) is 6.56. The van der Waals surface area contributed by atoms with Crippen LogP contribution in [-0.2, 0) is 0 Å². The fourth-order valence-corrected chi connectivity index (χ4v) is 4.73. The van der Waals surface area contributed by atoms with Gasteiger partial charge in [0.15, 0.2) is 0 Å². The number of hydrogen-bond donors (Lipinski definition) is 1. The third kappa shape index (κ3) is 3.15. The Bertz CT molecular complexity index is 645. The molecule has 104 valence electrons. The minimum absolute atomic E-state index is 0.377. The van der Waals surface area contributed by atoms with E-state index in [4.69, 9.17) is 0 Å². The molecule has 0 saturated heterocycles.